The molecule has 0 aliphatic carbocycles. The fourth-order valence-electron chi connectivity index (χ4n) is 2.22. The third-order valence-corrected chi connectivity index (χ3v) is 3.19. The van der Waals surface area contributed by atoms with Crippen LogP contribution in [0, 0.1) is 6.92 Å². The second kappa shape index (κ2) is 5.63. The van der Waals surface area contributed by atoms with E-state index in [0.29, 0.717) is 0 Å². The van der Waals surface area contributed by atoms with Crippen molar-refractivity contribution in [2.45, 2.75) is 26.7 Å². The highest BCUT2D eigenvalue weighted by atomic mass is 16.1. The van der Waals surface area contributed by atoms with Crippen molar-refractivity contribution in [3.63, 3.8) is 0 Å². The zero-order valence-corrected chi connectivity index (χ0v) is 10.9. The summed E-state index contributed by atoms with van der Waals surface area (Å²) in [6, 6.07) is 14.5. The van der Waals surface area contributed by atoms with E-state index in [1.165, 1.54) is 23.1 Å². The van der Waals surface area contributed by atoms with Gasteiger partial charge < -0.3 is 0 Å². The number of carbonyl (C=O) groups is 1. The summed E-state index contributed by atoms with van der Waals surface area (Å²) in [6.07, 6.45) is 3.19. The first-order chi connectivity index (χ1) is 8.74. The lowest BCUT2D eigenvalue weighted by atomic mass is 9.97. The van der Waals surface area contributed by atoms with Gasteiger partial charge in [0.25, 0.3) is 0 Å². The molecule has 2 rings (SSSR count). The lowest BCUT2D eigenvalue weighted by Gasteiger charge is -2.08. The average Bonchev–Trinajstić information content (AvgIpc) is 2.40. The van der Waals surface area contributed by atoms with Crippen molar-refractivity contribution in [2.75, 3.05) is 0 Å². The molecule has 0 saturated carbocycles. The highest BCUT2D eigenvalue weighted by Crippen LogP contribution is 2.24. The van der Waals surface area contributed by atoms with Gasteiger partial charge in [0, 0.05) is 5.56 Å². The molecule has 0 N–H and O–H groups in total. The largest absolute Gasteiger partial charge is 0.298 e. The topological polar surface area (TPSA) is 17.1 Å². The van der Waals surface area contributed by atoms with Crippen molar-refractivity contribution in [3.8, 4) is 11.1 Å². The van der Waals surface area contributed by atoms with Gasteiger partial charge in [0.05, 0.1) is 0 Å². The Morgan fingerprint density at radius 1 is 1.06 bits per heavy atom. The monoisotopic (exact) mass is 238 g/mol. The summed E-state index contributed by atoms with van der Waals surface area (Å²) in [5, 5.41) is 0. The van der Waals surface area contributed by atoms with Crippen LogP contribution in [-0.4, -0.2) is 6.29 Å². The fraction of sp³-hybridized carbons (Fsp3) is 0.235. The van der Waals surface area contributed by atoms with Gasteiger partial charge in [-0.2, -0.15) is 0 Å². The summed E-state index contributed by atoms with van der Waals surface area (Å²) in [5.74, 6) is 0. The molecule has 0 amide bonds. The summed E-state index contributed by atoms with van der Waals surface area (Å²) >= 11 is 0. The first-order valence-electron chi connectivity index (χ1n) is 6.39. The Morgan fingerprint density at radius 2 is 1.78 bits per heavy atom. The van der Waals surface area contributed by atoms with Crippen LogP contribution >= 0.6 is 0 Å². The lowest BCUT2D eigenvalue weighted by Crippen LogP contribution is -1.88. The van der Waals surface area contributed by atoms with Gasteiger partial charge in [-0.25, -0.2) is 0 Å². The van der Waals surface area contributed by atoms with E-state index < -0.39 is 0 Å². The quantitative estimate of drug-likeness (QED) is 0.720. The number of aldehydes is 1. The van der Waals surface area contributed by atoms with Crippen LogP contribution in [0.1, 0.15) is 34.8 Å². The number of rotatable bonds is 4. The standard InChI is InChI=1S/C17H18O/c1-3-4-14-5-8-16(9-6-14)17-10-7-15(12-18)11-13(17)2/h5-12H,3-4H2,1-2H3. The van der Waals surface area contributed by atoms with Crippen LogP contribution in [0.5, 0.6) is 0 Å². The summed E-state index contributed by atoms with van der Waals surface area (Å²) in [7, 11) is 0. The van der Waals surface area contributed by atoms with Crippen LogP contribution < -0.4 is 0 Å². The Kier molecular flexibility index (Phi) is 3.93. The maximum atomic E-state index is 10.7. The van der Waals surface area contributed by atoms with Gasteiger partial charge >= 0.3 is 0 Å². The predicted octanol–water partition coefficient (Wildman–Crippen LogP) is 4.43. The van der Waals surface area contributed by atoms with Crippen molar-refractivity contribution in [2.24, 2.45) is 0 Å². The van der Waals surface area contributed by atoms with Gasteiger partial charge in [-0.05, 0) is 41.7 Å². The molecule has 1 heteroatoms. The Hall–Kier alpha value is -1.89. The molecule has 0 aliphatic rings. The maximum Gasteiger partial charge on any atom is 0.150 e. The van der Waals surface area contributed by atoms with Gasteiger partial charge in [0.1, 0.15) is 6.29 Å². The first-order valence-corrected chi connectivity index (χ1v) is 6.39. The van der Waals surface area contributed by atoms with Crippen molar-refractivity contribution in [1.29, 1.82) is 0 Å². The molecule has 0 saturated heterocycles. The molecule has 2 aromatic rings. The van der Waals surface area contributed by atoms with Crippen LogP contribution in [0.2, 0.25) is 0 Å². The number of carbonyl (C=O) groups excluding carboxylic acids is 1. The van der Waals surface area contributed by atoms with Crippen molar-refractivity contribution in [3.05, 3.63) is 59.2 Å². The molecule has 0 radical (unpaired) electrons. The van der Waals surface area contributed by atoms with E-state index in [9.17, 15) is 4.79 Å². The normalized spacial score (nSPS) is 10.3. The molecule has 0 aromatic heterocycles. The highest BCUT2D eigenvalue weighted by Gasteiger charge is 2.03. The second-order valence-corrected chi connectivity index (χ2v) is 4.64. The molecule has 0 bridgehead atoms. The number of hydrogen-bond acceptors (Lipinski definition) is 1. The smallest absolute Gasteiger partial charge is 0.150 e. The highest BCUT2D eigenvalue weighted by molar-refractivity contribution is 5.78. The number of hydrogen-bond donors (Lipinski definition) is 0. The molecule has 0 spiro atoms. The van der Waals surface area contributed by atoms with E-state index in [1.807, 2.05) is 25.1 Å². The molecule has 1 nitrogen and oxygen atoms in total. The van der Waals surface area contributed by atoms with Crippen LogP contribution in [0.4, 0.5) is 0 Å². The fourth-order valence-corrected chi connectivity index (χ4v) is 2.22. The minimum absolute atomic E-state index is 0.735. The minimum Gasteiger partial charge on any atom is -0.298 e. The van der Waals surface area contributed by atoms with Gasteiger partial charge in [0.15, 0.2) is 0 Å². The first kappa shape index (κ1) is 12.6. The van der Waals surface area contributed by atoms with Gasteiger partial charge in [0.2, 0.25) is 0 Å². The molecule has 0 aliphatic heterocycles. The molecular formula is C17H18O. The van der Waals surface area contributed by atoms with Gasteiger partial charge in [-0.3, -0.25) is 4.79 Å². The van der Waals surface area contributed by atoms with E-state index in [4.69, 9.17) is 0 Å². The SMILES string of the molecule is CCCc1ccc(-c2ccc(C=O)cc2C)cc1. The van der Waals surface area contributed by atoms with E-state index >= 15 is 0 Å². The summed E-state index contributed by atoms with van der Waals surface area (Å²) in [4.78, 5) is 10.7. The zero-order chi connectivity index (χ0) is 13.0. The van der Waals surface area contributed by atoms with E-state index in [1.54, 1.807) is 0 Å². The average molecular weight is 238 g/mol. The molecule has 0 unspecified atom stereocenters. The molecule has 0 fully saturated rings. The molecule has 18 heavy (non-hydrogen) atoms. The van der Waals surface area contributed by atoms with Crippen molar-refractivity contribution >= 4 is 6.29 Å². The Balaban J connectivity index is 2.33. The molecule has 0 atom stereocenters. The summed E-state index contributed by atoms with van der Waals surface area (Å²) in [6.45, 7) is 4.23. The molecule has 2 aromatic carbocycles. The Morgan fingerprint density at radius 3 is 2.33 bits per heavy atom. The van der Waals surface area contributed by atoms with Crippen LogP contribution in [0.25, 0.3) is 11.1 Å². The number of aryl methyl sites for hydroxylation is 2. The third kappa shape index (κ3) is 2.67. The van der Waals surface area contributed by atoms with Crippen molar-refractivity contribution < 1.29 is 4.79 Å². The van der Waals surface area contributed by atoms with Crippen molar-refractivity contribution in [1.82, 2.24) is 0 Å². The molecule has 0 heterocycles. The van der Waals surface area contributed by atoms with E-state index in [2.05, 4.69) is 31.2 Å². The molecular weight excluding hydrogens is 220 g/mol. The van der Waals surface area contributed by atoms with Crippen LogP contribution in [0.15, 0.2) is 42.5 Å². The number of benzene rings is 2. The van der Waals surface area contributed by atoms with E-state index in [-0.39, 0.29) is 0 Å². The Bertz CT molecular complexity index is 538. The van der Waals surface area contributed by atoms with Gasteiger partial charge in [-0.1, -0.05) is 49.7 Å². The van der Waals surface area contributed by atoms with Crippen LogP contribution in [-0.2, 0) is 6.42 Å². The van der Waals surface area contributed by atoms with Crippen LogP contribution in [0.3, 0.4) is 0 Å². The predicted molar refractivity (Wildman–Crippen MR) is 76.0 cm³/mol. The molecule has 92 valence electrons. The zero-order valence-electron chi connectivity index (χ0n) is 10.9. The minimum atomic E-state index is 0.735. The summed E-state index contributed by atoms with van der Waals surface area (Å²) < 4.78 is 0. The summed E-state index contributed by atoms with van der Waals surface area (Å²) in [5.41, 5.74) is 5.67. The lowest BCUT2D eigenvalue weighted by molar-refractivity contribution is 0.112. The van der Waals surface area contributed by atoms with Gasteiger partial charge in [-0.15, -0.1) is 0 Å². The maximum absolute atomic E-state index is 10.7. The van der Waals surface area contributed by atoms with E-state index in [0.717, 1.165) is 23.8 Å². The third-order valence-electron chi connectivity index (χ3n) is 3.19. The second-order valence-electron chi connectivity index (χ2n) is 4.64. The Labute approximate surface area is 108 Å².